The third kappa shape index (κ3) is 74.9. The van der Waals surface area contributed by atoms with Crippen molar-refractivity contribution in [3.05, 3.63) is 0 Å². The zero-order chi connectivity index (χ0) is 74.8. The number of esters is 4. The quantitative estimate of drug-likeness (QED) is 0.0222. The van der Waals surface area contributed by atoms with Crippen molar-refractivity contribution in [2.24, 2.45) is 5.92 Å². The number of aliphatic hydroxyl groups is 1. The van der Waals surface area contributed by atoms with Gasteiger partial charge in [-0.05, 0) is 31.6 Å². The molecule has 0 amide bonds. The summed E-state index contributed by atoms with van der Waals surface area (Å²) in [6.07, 6.45) is 68.2. The first-order valence-corrected chi connectivity index (χ1v) is 46.2. The predicted molar refractivity (Wildman–Crippen MR) is 418 cm³/mol. The highest BCUT2D eigenvalue weighted by Gasteiger charge is 2.30. The standard InChI is InChI=1S/C83H162O17P2/c1-6-10-13-16-19-22-24-25-26-27-28-29-30-34-37-40-44-47-52-57-62-67-81(86)94-73-79(100-83(88)69-64-59-54-49-45-41-38-35-32-31-33-36-39-43-46-50-55-60-65-76(5)9-4)75-98-102(91,92)96-71-77(84)70-95-101(89,90)97-74-78(72-93-80(85)66-61-56-51-21-18-15-12-8-3)99-82(87)68-63-58-53-48-42-23-20-17-14-11-7-2/h76-79,84H,6-75H2,1-5H3,(H,89,90)(H,91,92)/t76?,77-,78+,79+/m0/s1. The zero-order valence-corrected chi connectivity index (χ0v) is 68.5. The van der Waals surface area contributed by atoms with Gasteiger partial charge in [-0.25, -0.2) is 9.13 Å². The SMILES string of the molecule is CCCCCCCCCCCCCCCCCCCCCCCC(=O)OC[C@H](COP(=O)(O)OC[C@@H](O)COP(=O)(O)OC[C@@H](COC(=O)CCCCCCCCCC)OC(=O)CCCCCCCCCCCCC)OC(=O)CCCCCCCCCCCCCCCCCCCCC(C)CC. The van der Waals surface area contributed by atoms with Crippen LogP contribution >= 0.6 is 15.6 Å². The summed E-state index contributed by atoms with van der Waals surface area (Å²) >= 11 is 0. The summed E-state index contributed by atoms with van der Waals surface area (Å²) < 4.78 is 68.6. The maximum Gasteiger partial charge on any atom is 0.472 e. The van der Waals surface area contributed by atoms with E-state index < -0.39 is 97.5 Å². The van der Waals surface area contributed by atoms with E-state index in [1.165, 1.54) is 263 Å². The maximum atomic E-state index is 13.1. The highest BCUT2D eigenvalue weighted by atomic mass is 31.2. The Hall–Kier alpha value is -1.94. The summed E-state index contributed by atoms with van der Waals surface area (Å²) in [7, 11) is -9.91. The van der Waals surface area contributed by atoms with Crippen LogP contribution in [0.15, 0.2) is 0 Å². The fourth-order valence-corrected chi connectivity index (χ4v) is 14.5. The van der Waals surface area contributed by atoms with Crippen molar-refractivity contribution in [2.75, 3.05) is 39.6 Å². The Bertz CT molecular complexity index is 1950. The van der Waals surface area contributed by atoms with Crippen LogP contribution in [0.1, 0.15) is 446 Å². The molecule has 0 aliphatic heterocycles. The number of carbonyl (C=O) groups is 4. The van der Waals surface area contributed by atoms with E-state index in [1.807, 2.05) is 0 Å². The van der Waals surface area contributed by atoms with Gasteiger partial charge in [0.05, 0.1) is 26.4 Å². The topological polar surface area (TPSA) is 237 Å². The van der Waals surface area contributed by atoms with E-state index in [2.05, 4.69) is 34.6 Å². The molecule has 3 unspecified atom stereocenters. The Morgan fingerprint density at radius 3 is 0.696 bits per heavy atom. The first-order valence-electron chi connectivity index (χ1n) is 43.2. The molecular weight excluding hydrogens is 1330 g/mol. The van der Waals surface area contributed by atoms with Crippen molar-refractivity contribution in [3.63, 3.8) is 0 Å². The monoisotopic (exact) mass is 1490 g/mol. The molecule has 0 fully saturated rings. The number of phosphoric ester groups is 2. The van der Waals surface area contributed by atoms with Crippen LogP contribution in [-0.4, -0.2) is 96.7 Å². The summed E-state index contributed by atoms with van der Waals surface area (Å²) in [5.74, 6) is -1.24. The lowest BCUT2D eigenvalue weighted by Gasteiger charge is -2.21. The fourth-order valence-electron chi connectivity index (χ4n) is 12.9. The van der Waals surface area contributed by atoms with Crippen molar-refractivity contribution < 1.29 is 80.2 Å². The average Bonchev–Trinajstić information content (AvgIpc) is 0.913. The van der Waals surface area contributed by atoms with Crippen LogP contribution in [0.4, 0.5) is 0 Å². The van der Waals surface area contributed by atoms with Crippen molar-refractivity contribution in [3.8, 4) is 0 Å². The lowest BCUT2D eigenvalue weighted by atomic mass is 9.99. The van der Waals surface area contributed by atoms with Crippen molar-refractivity contribution in [1.29, 1.82) is 0 Å². The number of hydrogen-bond donors (Lipinski definition) is 3. The molecule has 0 aromatic carbocycles. The largest absolute Gasteiger partial charge is 0.472 e. The number of ether oxygens (including phenoxy) is 4. The van der Waals surface area contributed by atoms with Gasteiger partial charge in [-0.3, -0.25) is 37.3 Å². The first-order chi connectivity index (χ1) is 49.6. The summed E-state index contributed by atoms with van der Waals surface area (Å²) in [4.78, 5) is 72.9. The van der Waals surface area contributed by atoms with Crippen LogP contribution in [-0.2, 0) is 65.4 Å². The van der Waals surface area contributed by atoms with E-state index in [0.717, 1.165) is 102 Å². The molecule has 0 saturated heterocycles. The normalized spacial score (nSPS) is 14.1. The Balaban J connectivity index is 5.15. The summed E-state index contributed by atoms with van der Waals surface area (Å²) in [6.45, 7) is 7.37. The lowest BCUT2D eigenvalue weighted by molar-refractivity contribution is -0.161. The smallest absolute Gasteiger partial charge is 0.462 e. The number of aliphatic hydroxyl groups excluding tert-OH is 1. The van der Waals surface area contributed by atoms with Crippen molar-refractivity contribution >= 4 is 39.5 Å². The molecule has 0 aromatic heterocycles. The number of hydrogen-bond acceptors (Lipinski definition) is 15. The Morgan fingerprint density at radius 2 is 0.471 bits per heavy atom. The number of unbranched alkanes of at least 4 members (excludes halogenated alkanes) is 54. The molecule has 0 spiro atoms. The van der Waals surface area contributed by atoms with Gasteiger partial charge in [0.2, 0.25) is 0 Å². The van der Waals surface area contributed by atoms with E-state index in [0.29, 0.717) is 25.7 Å². The zero-order valence-electron chi connectivity index (χ0n) is 66.8. The third-order valence-electron chi connectivity index (χ3n) is 19.9. The first kappa shape index (κ1) is 100. The average molecular weight is 1490 g/mol. The van der Waals surface area contributed by atoms with E-state index in [9.17, 15) is 43.2 Å². The van der Waals surface area contributed by atoms with Crippen LogP contribution in [0.5, 0.6) is 0 Å². The van der Waals surface area contributed by atoms with Gasteiger partial charge in [0, 0.05) is 25.7 Å². The molecule has 606 valence electrons. The number of rotatable bonds is 83. The highest BCUT2D eigenvalue weighted by molar-refractivity contribution is 7.47. The van der Waals surface area contributed by atoms with Crippen molar-refractivity contribution in [2.45, 2.75) is 464 Å². The van der Waals surface area contributed by atoms with Gasteiger partial charge in [0.25, 0.3) is 0 Å². The minimum atomic E-state index is -4.96. The van der Waals surface area contributed by atoms with Gasteiger partial charge in [-0.2, -0.15) is 0 Å². The van der Waals surface area contributed by atoms with Gasteiger partial charge >= 0.3 is 39.5 Å². The number of carbonyl (C=O) groups excluding carboxylic acids is 4. The van der Waals surface area contributed by atoms with Crippen molar-refractivity contribution in [1.82, 2.24) is 0 Å². The Labute approximate surface area is 626 Å². The summed E-state index contributed by atoms with van der Waals surface area (Å²) in [5, 5.41) is 10.6. The van der Waals surface area contributed by atoms with Gasteiger partial charge < -0.3 is 33.8 Å². The van der Waals surface area contributed by atoms with Gasteiger partial charge in [0.1, 0.15) is 19.3 Å². The lowest BCUT2D eigenvalue weighted by Crippen LogP contribution is -2.30. The molecule has 0 aliphatic rings. The summed E-state index contributed by atoms with van der Waals surface area (Å²) in [6, 6.07) is 0. The second-order valence-electron chi connectivity index (χ2n) is 30.1. The minimum Gasteiger partial charge on any atom is -0.462 e. The molecule has 19 heteroatoms. The molecule has 0 saturated carbocycles. The van der Waals surface area contributed by atoms with E-state index in [1.54, 1.807) is 0 Å². The van der Waals surface area contributed by atoms with Gasteiger partial charge in [-0.1, -0.05) is 394 Å². The van der Waals surface area contributed by atoms with Crippen LogP contribution in [0.3, 0.4) is 0 Å². The second-order valence-corrected chi connectivity index (χ2v) is 33.0. The Morgan fingerprint density at radius 1 is 0.275 bits per heavy atom. The van der Waals surface area contributed by atoms with E-state index in [4.69, 9.17) is 37.0 Å². The molecule has 0 heterocycles. The van der Waals surface area contributed by atoms with Crippen LogP contribution in [0.2, 0.25) is 0 Å². The molecule has 0 radical (unpaired) electrons. The van der Waals surface area contributed by atoms with Gasteiger partial charge in [-0.15, -0.1) is 0 Å². The van der Waals surface area contributed by atoms with Crippen LogP contribution < -0.4 is 0 Å². The Kier molecular flexibility index (Phi) is 74.4. The highest BCUT2D eigenvalue weighted by Crippen LogP contribution is 2.45. The summed E-state index contributed by atoms with van der Waals surface area (Å²) in [5.41, 5.74) is 0. The second kappa shape index (κ2) is 75.9. The predicted octanol–water partition coefficient (Wildman–Crippen LogP) is 25.2. The molecule has 0 rings (SSSR count). The van der Waals surface area contributed by atoms with E-state index >= 15 is 0 Å². The number of phosphoric acid groups is 2. The molecule has 6 atom stereocenters. The maximum absolute atomic E-state index is 13.1. The molecule has 0 aromatic rings. The van der Waals surface area contributed by atoms with Crippen LogP contribution in [0.25, 0.3) is 0 Å². The van der Waals surface area contributed by atoms with Gasteiger partial charge in [0.15, 0.2) is 12.2 Å². The third-order valence-corrected chi connectivity index (χ3v) is 21.8. The molecule has 0 bridgehead atoms. The molecule has 0 aliphatic carbocycles. The van der Waals surface area contributed by atoms with Crippen LogP contribution in [0, 0.1) is 5.92 Å². The van der Waals surface area contributed by atoms with E-state index in [-0.39, 0.29) is 25.7 Å². The fraction of sp³-hybridized carbons (Fsp3) is 0.952. The molecular formula is C83H162O17P2. The molecule has 3 N–H and O–H groups in total. The molecule has 102 heavy (non-hydrogen) atoms. The minimum absolute atomic E-state index is 0.107. The molecule has 17 nitrogen and oxygen atoms in total.